The first-order valence-electron chi connectivity index (χ1n) is 5.44. The van der Waals surface area contributed by atoms with Gasteiger partial charge < -0.3 is 9.47 Å². The number of rotatable bonds is 5. The normalized spacial score (nSPS) is 10.5. The molecule has 0 aliphatic rings. The van der Waals surface area contributed by atoms with Crippen molar-refractivity contribution in [2.45, 2.75) is 13.8 Å². The zero-order valence-electron chi connectivity index (χ0n) is 9.90. The topological polar surface area (TPSA) is 35.5 Å². The molecule has 0 radical (unpaired) electrons. The van der Waals surface area contributed by atoms with Crippen LogP contribution < -0.4 is 4.74 Å². The molecule has 0 unspecified atom stereocenters. The highest BCUT2D eigenvalue weighted by atomic mass is 19.1. The molecular weight excluding hydrogens is 223 g/mol. The van der Waals surface area contributed by atoms with Crippen molar-refractivity contribution in [2.24, 2.45) is 0 Å². The summed E-state index contributed by atoms with van der Waals surface area (Å²) in [5.74, 6) is -0.412. The first-order valence-corrected chi connectivity index (χ1v) is 5.44. The van der Waals surface area contributed by atoms with E-state index in [1.165, 1.54) is 24.3 Å². The minimum absolute atomic E-state index is 0.316. The van der Waals surface area contributed by atoms with Crippen LogP contribution in [0.3, 0.4) is 0 Å². The predicted octanol–water partition coefficient (Wildman–Crippen LogP) is 2.80. The summed E-state index contributed by atoms with van der Waals surface area (Å²) in [6, 6.07) is 4.27. The molecule has 0 saturated carbocycles. The van der Waals surface area contributed by atoms with Crippen LogP contribution in [0.15, 0.2) is 24.3 Å². The van der Waals surface area contributed by atoms with Gasteiger partial charge in [-0.05, 0) is 37.6 Å². The third kappa shape index (κ3) is 4.68. The molecule has 0 N–H and O–H groups in total. The molecule has 1 aromatic rings. The zero-order chi connectivity index (χ0) is 12.7. The second kappa shape index (κ2) is 6.68. The van der Waals surface area contributed by atoms with E-state index in [9.17, 15) is 9.18 Å². The molecule has 0 aliphatic carbocycles. The summed E-state index contributed by atoms with van der Waals surface area (Å²) in [7, 11) is 0. The molecule has 0 spiro atoms. The maximum atomic E-state index is 13.2. The summed E-state index contributed by atoms with van der Waals surface area (Å²) >= 11 is 0. The van der Waals surface area contributed by atoms with Crippen molar-refractivity contribution in [3.8, 4) is 5.75 Å². The van der Waals surface area contributed by atoms with Gasteiger partial charge in [0.05, 0.1) is 13.2 Å². The van der Waals surface area contributed by atoms with Crippen molar-refractivity contribution >= 4 is 12.0 Å². The average molecular weight is 238 g/mol. The van der Waals surface area contributed by atoms with E-state index in [-0.39, 0.29) is 0 Å². The number of carbonyl (C=O) groups excluding carboxylic acids is 1. The molecule has 0 bridgehead atoms. The third-order valence-corrected chi connectivity index (χ3v) is 1.90. The molecule has 92 valence electrons. The summed E-state index contributed by atoms with van der Waals surface area (Å²) < 4.78 is 23.1. The van der Waals surface area contributed by atoms with Crippen molar-refractivity contribution < 1.29 is 18.7 Å². The van der Waals surface area contributed by atoms with E-state index in [4.69, 9.17) is 9.47 Å². The number of esters is 1. The van der Waals surface area contributed by atoms with Gasteiger partial charge in [0.15, 0.2) is 0 Å². The number of ether oxygens (including phenoxy) is 2. The Morgan fingerprint density at radius 3 is 2.71 bits per heavy atom. The second-order valence-electron chi connectivity index (χ2n) is 3.24. The smallest absolute Gasteiger partial charge is 0.330 e. The maximum Gasteiger partial charge on any atom is 0.330 e. The highest BCUT2D eigenvalue weighted by Gasteiger charge is 2.00. The van der Waals surface area contributed by atoms with Gasteiger partial charge in [0.2, 0.25) is 0 Å². The van der Waals surface area contributed by atoms with Crippen LogP contribution in [-0.2, 0) is 9.53 Å². The van der Waals surface area contributed by atoms with E-state index < -0.39 is 11.8 Å². The fraction of sp³-hybridized carbons (Fsp3) is 0.308. The lowest BCUT2D eigenvalue weighted by atomic mass is 10.2. The number of benzene rings is 1. The molecule has 0 amide bonds. The van der Waals surface area contributed by atoms with E-state index in [1.807, 2.05) is 6.92 Å². The Morgan fingerprint density at radius 1 is 1.29 bits per heavy atom. The van der Waals surface area contributed by atoms with Gasteiger partial charge in [-0.1, -0.05) is 0 Å². The molecular formula is C13H15FO3. The largest absolute Gasteiger partial charge is 0.494 e. The quantitative estimate of drug-likeness (QED) is 0.584. The lowest BCUT2D eigenvalue weighted by Crippen LogP contribution is -1.98. The standard InChI is InChI=1S/C13H15FO3/c1-3-16-12-8-10(7-11(14)9-12)5-6-13(15)17-4-2/h5-9H,3-4H2,1-2H3. The minimum atomic E-state index is -0.449. The van der Waals surface area contributed by atoms with Crippen molar-refractivity contribution in [2.75, 3.05) is 13.2 Å². The molecule has 3 nitrogen and oxygen atoms in total. The first kappa shape index (κ1) is 13.2. The van der Waals surface area contributed by atoms with Gasteiger partial charge in [0, 0.05) is 12.1 Å². The Kier molecular flexibility index (Phi) is 5.20. The van der Waals surface area contributed by atoms with Gasteiger partial charge in [-0.25, -0.2) is 9.18 Å². The highest BCUT2D eigenvalue weighted by Crippen LogP contribution is 2.17. The lowest BCUT2D eigenvalue weighted by Gasteiger charge is -2.04. The van der Waals surface area contributed by atoms with Gasteiger partial charge in [0.25, 0.3) is 0 Å². The van der Waals surface area contributed by atoms with Crippen molar-refractivity contribution in [1.82, 2.24) is 0 Å². The Labute approximate surface area is 99.9 Å². The first-order chi connectivity index (χ1) is 8.15. The maximum absolute atomic E-state index is 13.2. The fourth-order valence-corrected chi connectivity index (χ4v) is 1.29. The molecule has 0 aromatic heterocycles. The van der Waals surface area contributed by atoms with Gasteiger partial charge in [-0.2, -0.15) is 0 Å². The van der Waals surface area contributed by atoms with E-state index in [1.54, 1.807) is 13.0 Å². The van der Waals surface area contributed by atoms with Crippen LogP contribution in [0.5, 0.6) is 5.75 Å². The molecule has 0 heterocycles. The summed E-state index contributed by atoms with van der Waals surface area (Å²) in [6.07, 6.45) is 2.75. The Bertz CT molecular complexity index is 413. The van der Waals surface area contributed by atoms with E-state index >= 15 is 0 Å². The predicted molar refractivity (Wildman–Crippen MR) is 63.2 cm³/mol. The third-order valence-electron chi connectivity index (χ3n) is 1.90. The van der Waals surface area contributed by atoms with E-state index in [0.29, 0.717) is 24.5 Å². The summed E-state index contributed by atoms with van der Waals surface area (Å²) in [5, 5.41) is 0. The monoisotopic (exact) mass is 238 g/mol. The summed E-state index contributed by atoms with van der Waals surface area (Å²) in [6.45, 7) is 4.32. The van der Waals surface area contributed by atoms with Crippen LogP contribution in [0.4, 0.5) is 4.39 Å². The molecule has 0 saturated heterocycles. The van der Waals surface area contributed by atoms with Gasteiger partial charge in [-0.3, -0.25) is 0 Å². The lowest BCUT2D eigenvalue weighted by molar-refractivity contribution is -0.137. The van der Waals surface area contributed by atoms with Crippen LogP contribution in [0.25, 0.3) is 6.08 Å². The Balaban J connectivity index is 2.79. The second-order valence-corrected chi connectivity index (χ2v) is 3.24. The van der Waals surface area contributed by atoms with Gasteiger partial charge in [-0.15, -0.1) is 0 Å². The van der Waals surface area contributed by atoms with Crippen molar-refractivity contribution in [3.05, 3.63) is 35.7 Å². The van der Waals surface area contributed by atoms with Crippen LogP contribution in [0.2, 0.25) is 0 Å². The van der Waals surface area contributed by atoms with Crippen LogP contribution in [0, 0.1) is 5.82 Å². The molecule has 4 heteroatoms. The van der Waals surface area contributed by atoms with Gasteiger partial charge >= 0.3 is 5.97 Å². The van der Waals surface area contributed by atoms with Gasteiger partial charge in [0.1, 0.15) is 11.6 Å². The Hall–Kier alpha value is -1.84. The van der Waals surface area contributed by atoms with Crippen LogP contribution in [-0.4, -0.2) is 19.2 Å². The number of carbonyl (C=O) groups is 1. The number of halogens is 1. The van der Waals surface area contributed by atoms with Crippen LogP contribution in [0.1, 0.15) is 19.4 Å². The van der Waals surface area contributed by atoms with Crippen molar-refractivity contribution in [3.63, 3.8) is 0 Å². The molecule has 0 fully saturated rings. The highest BCUT2D eigenvalue weighted by molar-refractivity contribution is 5.87. The number of hydrogen-bond donors (Lipinski definition) is 0. The SMILES string of the molecule is CCOC(=O)C=Cc1cc(F)cc(OCC)c1. The molecule has 17 heavy (non-hydrogen) atoms. The average Bonchev–Trinajstić information content (AvgIpc) is 2.26. The molecule has 1 rings (SSSR count). The molecule has 0 aliphatic heterocycles. The minimum Gasteiger partial charge on any atom is -0.494 e. The summed E-state index contributed by atoms with van der Waals surface area (Å²) in [4.78, 5) is 11.1. The Morgan fingerprint density at radius 2 is 2.06 bits per heavy atom. The van der Waals surface area contributed by atoms with Crippen LogP contribution >= 0.6 is 0 Å². The fourth-order valence-electron chi connectivity index (χ4n) is 1.29. The number of hydrogen-bond acceptors (Lipinski definition) is 3. The zero-order valence-corrected chi connectivity index (χ0v) is 9.90. The molecule has 1 aromatic carbocycles. The van der Waals surface area contributed by atoms with Crippen molar-refractivity contribution in [1.29, 1.82) is 0 Å². The van der Waals surface area contributed by atoms with E-state index in [0.717, 1.165) is 0 Å². The molecule has 0 atom stereocenters. The summed E-state index contributed by atoms with van der Waals surface area (Å²) in [5.41, 5.74) is 0.557. The van der Waals surface area contributed by atoms with E-state index in [2.05, 4.69) is 0 Å².